The average Bonchev–Trinajstić information content (AvgIpc) is 2.66. The summed E-state index contributed by atoms with van der Waals surface area (Å²) in [4.78, 5) is 23.7. The molecule has 94 valence electrons. The number of likely N-dealkylation sites (tertiary alicyclic amines) is 1. The van der Waals surface area contributed by atoms with E-state index >= 15 is 0 Å². The van der Waals surface area contributed by atoms with Crippen LogP contribution in [0.2, 0.25) is 0 Å². The van der Waals surface area contributed by atoms with Crippen molar-refractivity contribution < 1.29 is 19.8 Å². The molecule has 1 aliphatic heterocycles. The number of terminal acetylenes is 1. The van der Waals surface area contributed by atoms with Crippen molar-refractivity contribution in [2.24, 2.45) is 0 Å². The Kier molecular flexibility index (Phi) is 4.79. The van der Waals surface area contributed by atoms with Crippen molar-refractivity contribution in [3.63, 3.8) is 0 Å². The molecule has 0 spiro atoms. The molecular weight excluding hydrogens is 224 g/mol. The topological polar surface area (TPSA) is 89.9 Å². The minimum Gasteiger partial charge on any atom is -0.480 e. The van der Waals surface area contributed by atoms with E-state index in [2.05, 4.69) is 11.2 Å². The molecular formula is C11H16N2O4. The van der Waals surface area contributed by atoms with Crippen LogP contribution in [-0.2, 0) is 4.79 Å². The number of unbranched alkanes of at least 4 members (excludes halogenated alkanes) is 1. The highest BCUT2D eigenvalue weighted by molar-refractivity contribution is 5.83. The summed E-state index contributed by atoms with van der Waals surface area (Å²) in [5.74, 6) is 1.35. The third-order valence-electron chi connectivity index (χ3n) is 2.60. The lowest BCUT2D eigenvalue weighted by molar-refractivity contribution is -0.141. The van der Waals surface area contributed by atoms with Crippen LogP contribution in [0.4, 0.5) is 4.79 Å². The van der Waals surface area contributed by atoms with Crippen LogP contribution in [-0.4, -0.2) is 52.3 Å². The molecule has 2 atom stereocenters. The number of hydrogen-bond acceptors (Lipinski definition) is 3. The Morgan fingerprint density at radius 2 is 2.24 bits per heavy atom. The van der Waals surface area contributed by atoms with Crippen molar-refractivity contribution in [2.75, 3.05) is 13.1 Å². The van der Waals surface area contributed by atoms with E-state index in [4.69, 9.17) is 11.5 Å². The van der Waals surface area contributed by atoms with Crippen molar-refractivity contribution >= 4 is 12.0 Å². The lowest BCUT2D eigenvalue weighted by atomic mass is 10.2. The molecule has 1 unspecified atom stereocenters. The second kappa shape index (κ2) is 6.11. The van der Waals surface area contributed by atoms with Crippen molar-refractivity contribution in [3.05, 3.63) is 0 Å². The van der Waals surface area contributed by atoms with E-state index in [9.17, 15) is 14.7 Å². The Morgan fingerprint density at radius 1 is 1.53 bits per heavy atom. The smallest absolute Gasteiger partial charge is 0.326 e. The predicted molar refractivity (Wildman–Crippen MR) is 60.2 cm³/mol. The van der Waals surface area contributed by atoms with E-state index < -0.39 is 24.1 Å². The van der Waals surface area contributed by atoms with Crippen LogP contribution in [0, 0.1) is 12.3 Å². The first-order valence-electron chi connectivity index (χ1n) is 5.45. The van der Waals surface area contributed by atoms with E-state index in [0.717, 1.165) is 4.90 Å². The molecule has 1 fully saturated rings. The lowest BCUT2D eigenvalue weighted by Crippen LogP contribution is -2.46. The minimum atomic E-state index is -1.10. The molecule has 1 rings (SSSR count). The largest absolute Gasteiger partial charge is 0.480 e. The number of amides is 2. The average molecular weight is 240 g/mol. The first-order valence-corrected chi connectivity index (χ1v) is 5.45. The number of nitrogens with one attached hydrogen (secondary N) is 1. The SMILES string of the molecule is C#CCCCNC(=O)N1CC(O)C[C@H]1C(=O)O. The maximum absolute atomic E-state index is 11.7. The number of carboxylic acid groups (broad SMARTS) is 1. The van der Waals surface area contributed by atoms with Crippen LogP contribution < -0.4 is 5.32 Å². The monoisotopic (exact) mass is 240 g/mol. The van der Waals surface area contributed by atoms with E-state index in [0.29, 0.717) is 19.4 Å². The van der Waals surface area contributed by atoms with Crippen molar-refractivity contribution in [1.82, 2.24) is 10.2 Å². The van der Waals surface area contributed by atoms with Gasteiger partial charge in [-0.15, -0.1) is 12.3 Å². The standard InChI is InChI=1S/C11H16N2O4/c1-2-3-4-5-12-11(17)13-7-8(14)6-9(13)10(15)16/h1,8-9,14H,3-7H2,(H,12,17)(H,15,16)/t8?,9-/m0/s1. The lowest BCUT2D eigenvalue weighted by Gasteiger charge is -2.21. The molecule has 6 heteroatoms. The molecule has 0 saturated carbocycles. The van der Waals surface area contributed by atoms with Crippen LogP contribution in [0.5, 0.6) is 0 Å². The zero-order chi connectivity index (χ0) is 12.8. The fourth-order valence-corrected chi connectivity index (χ4v) is 1.76. The van der Waals surface area contributed by atoms with Gasteiger partial charge >= 0.3 is 12.0 Å². The number of aliphatic hydroxyl groups excluding tert-OH is 1. The number of aliphatic carboxylic acids is 1. The van der Waals surface area contributed by atoms with Gasteiger partial charge in [0.05, 0.1) is 6.10 Å². The fraction of sp³-hybridized carbons (Fsp3) is 0.636. The van der Waals surface area contributed by atoms with Crippen LogP contribution in [0.15, 0.2) is 0 Å². The highest BCUT2D eigenvalue weighted by atomic mass is 16.4. The van der Waals surface area contributed by atoms with Gasteiger partial charge in [-0.3, -0.25) is 0 Å². The van der Waals surface area contributed by atoms with Gasteiger partial charge in [0, 0.05) is 25.9 Å². The number of urea groups is 1. The molecule has 0 aromatic heterocycles. The zero-order valence-corrected chi connectivity index (χ0v) is 9.43. The predicted octanol–water partition coefficient (Wildman–Crippen LogP) is -0.371. The summed E-state index contributed by atoms with van der Waals surface area (Å²) in [5, 5.41) is 20.8. The summed E-state index contributed by atoms with van der Waals surface area (Å²) < 4.78 is 0. The summed E-state index contributed by atoms with van der Waals surface area (Å²) in [5.41, 5.74) is 0. The maximum atomic E-state index is 11.7. The Bertz CT molecular complexity index is 337. The maximum Gasteiger partial charge on any atom is 0.326 e. The second-order valence-corrected chi connectivity index (χ2v) is 3.94. The number of nitrogens with zero attached hydrogens (tertiary/aromatic N) is 1. The van der Waals surface area contributed by atoms with Crippen molar-refractivity contribution in [2.45, 2.75) is 31.4 Å². The van der Waals surface area contributed by atoms with Gasteiger partial charge < -0.3 is 20.4 Å². The Balaban J connectivity index is 2.44. The van der Waals surface area contributed by atoms with Gasteiger partial charge in [0.2, 0.25) is 0 Å². The van der Waals surface area contributed by atoms with E-state index in [1.165, 1.54) is 0 Å². The van der Waals surface area contributed by atoms with Crippen LogP contribution in [0.1, 0.15) is 19.3 Å². The number of aliphatic hydroxyl groups is 1. The van der Waals surface area contributed by atoms with Crippen LogP contribution in [0.3, 0.4) is 0 Å². The molecule has 0 aromatic carbocycles. The van der Waals surface area contributed by atoms with Crippen molar-refractivity contribution in [3.8, 4) is 12.3 Å². The summed E-state index contributed by atoms with van der Waals surface area (Å²) in [7, 11) is 0. The number of carboxylic acids is 1. The molecule has 1 aliphatic rings. The highest BCUT2D eigenvalue weighted by Gasteiger charge is 2.38. The van der Waals surface area contributed by atoms with Gasteiger partial charge in [0.25, 0.3) is 0 Å². The molecule has 0 aliphatic carbocycles. The second-order valence-electron chi connectivity index (χ2n) is 3.94. The Labute approximate surface area is 99.6 Å². The van der Waals surface area contributed by atoms with Gasteiger partial charge in [-0.2, -0.15) is 0 Å². The fourth-order valence-electron chi connectivity index (χ4n) is 1.76. The van der Waals surface area contributed by atoms with Gasteiger partial charge in [-0.05, 0) is 6.42 Å². The quantitative estimate of drug-likeness (QED) is 0.462. The number of carbonyl (C=O) groups is 2. The van der Waals surface area contributed by atoms with E-state index in [1.807, 2.05) is 0 Å². The van der Waals surface area contributed by atoms with Crippen LogP contribution >= 0.6 is 0 Å². The third-order valence-corrected chi connectivity index (χ3v) is 2.60. The molecule has 1 saturated heterocycles. The summed E-state index contributed by atoms with van der Waals surface area (Å²) >= 11 is 0. The number of rotatable bonds is 4. The Morgan fingerprint density at radius 3 is 2.82 bits per heavy atom. The van der Waals surface area contributed by atoms with Gasteiger partial charge in [-0.25, -0.2) is 9.59 Å². The van der Waals surface area contributed by atoms with Gasteiger partial charge in [0.15, 0.2) is 0 Å². The first-order chi connectivity index (χ1) is 8.06. The molecule has 1 heterocycles. The molecule has 6 nitrogen and oxygen atoms in total. The molecule has 0 bridgehead atoms. The number of carbonyl (C=O) groups excluding carboxylic acids is 1. The van der Waals surface area contributed by atoms with E-state index in [-0.39, 0.29) is 13.0 Å². The van der Waals surface area contributed by atoms with Crippen LogP contribution in [0.25, 0.3) is 0 Å². The van der Waals surface area contributed by atoms with Gasteiger partial charge in [0.1, 0.15) is 6.04 Å². The van der Waals surface area contributed by atoms with E-state index in [1.54, 1.807) is 0 Å². The third kappa shape index (κ3) is 3.64. The molecule has 3 N–H and O–H groups in total. The zero-order valence-electron chi connectivity index (χ0n) is 9.43. The molecule has 0 radical (unpaired) electrons. The Hall–Kier alpha value is -1.74. The highest BCUT2D eigenvalue weighted by Crippen LogP contribution is 2.17. The molecule has 2 amide bonds. The summed E-state index contributed by atoms with van der Waals surface area (Å²) in [6.07, 6.45) is 5.58. The number of hydrogen-bond donors (Lipinski definition) is 3. The summed E-state index contributed by atoms with van der Waals surface area (Å²) in [6, 6.07) is -1.41. The molecule has 17 heavy (non-hydrogen) atoms. The van der Waals surface area contributed by atoms with Crippen molar-refractivity contribution in [1.29, 1.82) is 0 Å². The normalized spacial score (nSPS) is 23.2. The summed E-state index contributed by atoms with van der Waals surface area (Å²) in [6.45, 7) is 0.458. The van der Waals surface area contributed by atoms with Gasteiger partial charge in [-0.1, -0.05) is 0 Å². The number of β-amino-alcohol motifs (C(OH)–C–C–N with tert-alkyl or cyclic N) is 1. The first kappa shape index (κ1) is 13.3. The minimum absolute atomic E-state index is 0.0535. The molecule has 0 aromatic rings.